The van der Waals surface area contributed by atoms with Gasteiger partial charge in [0, 0.05) is 11.1 Å². The molecular formula is C14H15N3O3. The lowest BCUT2D eigenvalue weighted by Gasteiger charge is -2.07. The van der Waals surface area contributed by atoms with Gasteiger partial charge in [0.2, 0.25) is 0 Å². The van der Waals surface area contributed by atoms with Gasteiger partial charge in [-0.05, 0) is 19.1 Å². The van der Waals surface area contributed by atoms with E-state index in [-0.39, 0.29) is 18.8 Å². The number of nitrogen functional groups attached to an aromatic ring is 1. The number of para-hydroxylation sites is 1. The van der Waals surface area contributed by atoms with Crippen molar-refractivity contribution >= 4 is 28.5 Å². The summed E-state index contributed by atoms with van der Waals surface area (Å²) in [5, 5.41) is 3.23. The van der Waals surface area contributed by atoms with E-state index in [0.717, 1.165) is 5.39 Å². The number of benzene rings is 1. The minimum Gasteiger partial charge on any atom is -0.465 e. The Balaban J connectivity index is 2.16. The number of carbonyl (C=O) groups excluding carboxylic acids is 2. The molecule has 0 aliphatic carbocycles. The van der Waals surface area contributed by atoms with Gasteiger partial charge in [0.25, 0.3) is 5.91 Å². The Morgan fingerprint density at radius 1 is 1.35 bits per heavy atom. The monoisotopic (exact) mass is 273 g/mol. The molecule has 0 saturated heterocycles. The third kappa shape index (κ3) is 3.03. The summed E-state index contributed by atoms with van der Waals surface area (Å²) >= 11 is 0. The molecule has 104 valence electrons. The second-order valence-corrected chi connectivity index (χ2v) is 4.10. The van der Waals surface area contributed by atoms with E-state index in [1.54, 1.807) is 13.0 Å². The first-order valence-corrected chi connectivity index (χ1v) is 6.21. The predicted molar refractivity (Wildman–Crippen MR) is 75.1 cm³/mol. The van der Waals surface area contributed by atoms with Gasteiger partial charge in [0.1, 0.15) is 12.2 Å². The van der Waals surface area contributed by atoms with Crippen molar-refractivity contribution in [3.05, 3.63) is 36.0 Å². The number of hydrogen-bond donors (Lipinski definition) is 2. The van der Waals surface area contributed by atoms with E-state index in [1.807, 2.05) is 18.2 Å². The van der Waals surface area contributed by atoms with E-state index in [2.05, 4.69) is 10.3 Å². The number of nitrogens with one attached hydrogen (secondary N) is 1. The van der Waals surface area contributed by atoms with Crippen molar-refractivity contribution < 1.29 is 14.3 Å². The van der Waals surface area contributed by atoms with Gasteiger partial charge in [-0.1, -0.05) is 18.2 Å². The number of carbonyl (C=O) groups is 2. The van der Waals surface area contributed by atoms with E-state index in [9.17, 15) is 9.59 Å². The molecule has 2 rings (SSSR count). The standard InChI is InChI=1S/C14H15N3O3/c1-2-20-13(18)8-16-14(19)12-7-10(15)9-5-3-4-6-11(9)17-12/h3-7H,2,8H2,1H3,(H2,15,17)(H,16,19). The van der Waals surface area contributed by atoms with Gasteiger partial charge in [-0.15, -0.1) is 0 Å². The Labute approximate surface area is 115 Å². The van der Waals surface area contributed by atoms with Crippen LogP contribution in [-0.4, -0.2) is 30.0 Å². The molecule has 0 unspecified atom stereocenters. The van der Waals surface area contributed by atoms with E-state index < -0.39 is 11.9 Å². The lowest BCUT2D eigenvalue weighted by atomic mass is 10.1. The summed E-state index contributed by atoms with van der Waals surface area (Å²) in [7, 11) is 0. The number of pyridine rings is 1. The first-order valence-electron chi connectivity index (χ1n) is 6.21. The van der Waals surface area contributed by atoms with Crippen molar-refractivity contribution in [1.82, 2.24) is 10.3 Å². The van der Waals surface area contributed by atoms with Gasteiger partial charge in [-0.2, -0.15) is 0 Å². The first-order chi connectivity index (χ1) is 9.61. The molecule has 0 bridgehead atoms. The highest BCUT2D eigenvalue weighted by atomic mass is 16.5. The van der Waals surface area contributed by atoms with Crippen LogP contribution in [0, 0.1) is 0 Å². The Morgan fingerprint density at radius 3 is 2.85 bits per heavy atom. The molecule has 0 aliphatic heterocycles. The number of nitrogens with two attached hydrogens (primary N) is 1. The zero-order valence-corrected chi connectivity index (χ0v) is 11.1. The summed E-state index contributed by atoms with van der Waals surface area (Å²) < 4.78 is 4.72. The number of aromatic nitrogens is 1. The lowest BCUT2D eigenvalue weighted by molar-refractivity contribution is -0.141. The van der Waals surface area contributed by atoms with Gasteiger partial charge in [-0.3, -0.25) is 9.59 Å². The summed E-state index contributed by atoms with van der Waals surface area (Å²) in [5.41, 5.74) is 7.16. The average Bonchev–Trinajstić information content (AvgIpc) is 2.45. The van der Waals surface area contributed by atoms with Crippen LogP contribution in [0.2, 0.25) is 0 Å². The number of esters is 1. The van der Waals surface area contributed by atoms with E-state index in [0.29, 0.717) is 11.2 Å². The fraction of sp³-hybridized carbons (Fsp3) is 0.214. The summed E-state index contributed by atoms with van der Waals surface area (Å²) in [4.78, 5) is 27.3. The summed E-state index contributed by atoms with van der Waals surface area (Å²) in [6, 6.07) is 8.75. The molecule has 20 heavy (non-hydrogen) atoms. The van der Waals surface area contributed by atoms with Gasteiger partial charge in [-0.25, -0.2) is 4.98 Å². The molecule has 1 aromatic carbocycles. The number of ether oxygens (including phenoxy) is 1. The highest BCUT2D eigenvalue weighted by molar-refractivity contribution is 6.00. The molecule has 1 aromatic heterocycles. The smallest absolute Gasteiger partial charge is 0.325 e. The molecule has 0 radical (unpaired) electrons. The molecule has 1 heterocycles. The van der Waals surface area contributed by atoms with E-state index >= 15 is 0 Å². The molecular weight excluding hydrogens is 258 g/mol. The first kappa shape index (κ1) is 13.8. The van der Waals surface area contributed by atoms with Crippen molar-refractivity contribution in [1.29, 1.82) is 0 Å². The van der Waals surface area contributed by atoms with Crippen molar-refractivity contribution in [3.63, 3.8) is 0 Å². The van der Waals surface area contributed by atoms with Crippen LogP contribution in [0.15, 0.2) is 30.3 Å². The normalized spacial score (nSPS) is 10.2. The minimum absolute atomic E-state index is 0.172. The van der Waals surface area contributed by atoms with Crippen molar-refractivity contribution in [3.8, 4) is 0 Å². The molecule has 0 saturated carbocycles. The molecule has 0 spiro atoms. The van der Waals surface area contributed by atoms with E-state index in [1.165, 1.54) is 6.07 Å². The maximum atomic E-state index is 11.9. The summed E-state index contributed by atoms with van der Waals surface area (Å²) in [6.07, 6.45) is 0. The topological polar surface area (TPSA) is 94.3 Å². The van der Waals surface area contributed by atoms with E-state index in [4.69, 9.17) is 10.5 Å². The van der Waals surface area contributed by atoms with Gasteiger partial charge < -0.3 is 15.8 Å². The zero-order valence-electron chi connectivity index (χ0n) is 11.1. The van der Waals surface area contributed by atoms with Crippen molar-refractivity contribution in [2.24, 2.45) is 0 Å². The quantitative estimate of drug-likeness (QED) is 0.814. The lowest BCUT2D eigenvalue weighted by Crippen LogP contribution is -2.31. The van der Waals surface area contributed by atoms with Crippen LogP contribution >= 0.6 is 0 Å². The van der Waals surface area contributed by atoms with Crippen LogP contribution in [0.4, 0.5) is 5.69 Å². The SMILES string of the molecule is CCOC(=O)CNC(=O)c1cc(N)c2ccccc2n1. The number of fused-ring (bicyclic) bond motifs is 1. The fourth-order valence-corrected chi connectivity index (χ4v) is 1.77. The molecule has 0 fully saturated rings. The number of anilines is 1. The molecule has 3 N–H and O–H groups in total. The van der Waals surface area contributed by atoms with Gasteiger partial charge in [0.05, 0.1) is 12.1 Å². The molecule has 0 atom stereocenters. The van der Waals surface area contributed by atoms with Gasteiger partial charge >= 0.3 is 5.97 Å². The van der Waals surface area contributed by atoms with Crippen LogP contribution in [0.3, 0.4) is 0 Å². The fourth-order valence-electron chi connectivity index (χ4n) is 1.77. The molecule has 6 nitrogen and oxygen atoms in total. The van der Waals surface area contributed by atoms with Crippen LogP contribution < -0.4 is 11.1 Å². The van der Waals surface area contributed by atoms with Crippen molar-refractivity contribution in [2.75, 3.05) is 18.9 Å². The second-order valence-electron chi connectivity index (χ2n) is 4.10. The number of rotatable bonds is 4. The van der Waals surface area contributed by atoms with Crippen LogP contribution in [0.5, 0.6) is 0 Å². The Kier molecular flexibility index (Phi) is 4.14. The second kappa shape index (κ2) is 6.01. The summed E-state index contributed by atoms with van der Waals surface area (Å²) in [6.45, 7) is 1.78. The van der Waals surface area contributed by atoms with Crippen molar-refractivity contribution in [2.45, 2.75) is 6.92 Å². The number of hydrogen-bond acceptors (Lipinski definition) is 5. The highest BCUT2D eigenvalue weighted by Gasteiger charge is 2.12. The molecule has 1 amide bonds. The maximum absolute atomic E-state index is 11.9. The third-order valence-electron chi connectivity index (χ3n) is 2.68. The Hall–Kier alpha value is -2.63. The minimum atomic E-state index is -0.491. The molecule has 0 aliphatic rings. The summed E-state index contributed by atoms with van der Waals surface area (Å²) in [5.74, 6) is -0.954. The zero-order chi connectivity index (χ0) is 14.5. The van der Waals surface area contributed by atoms with Crippen LogP contribution in [-0.2, 0) is 9.53 Å². The Morgan fingerprint density at radius 2 is 2.10 bits per heavy atom. The van der Waals surface area contributed by atoms with Crippen LogP contribution in [0.1, 0.15) is 17.4 Å². The molecule has 2 aromatic rings. The predicted octanol–water partition coefficient (Wildman–Crippen LogP) is 1.11. The molecule has 6 heteroatoms. The third-order valence-corrected chi connectivity index (χ3v) is 2.68. The van der Waals surface area contributed by atoms with Crippen LogP contribution in [0.25, 0.3) is 10.9 Å². The maximum Gasteiger partial charge on any atom is 0.325 e. The average molecular weight is 273 g/mol. The Bertz CT molecular complexity index is 655. The largest absolute Gasteiger partial charge is 0.465 e. The highest BCUT2D eigenvalue weighted by Crippen LogP contribution is 2.19. The number of nitrogens with zero attached hydrogens (tertiary/aromatic N) is 1. The van der Waals surface area contributed by atoms with Gasteiger partial charge in [0.15, 0.2) is 0 Å². The number of amides is 1.